The highest BCUT2D eigenvalue weighted by Gasteiger charge is 2.42. The maximum absolute atomic E-state index is 13.1. The number of aromatic nitrogens is 1. The first-order valence-electron chi connectivity index (χ1n) is 12.4. The number of anilines is 1. The van der Waals surface area contributed by atoms with Gasteiger partial charge in [-0.2, -0.15) is 0 Å². The van der Waals surface area contributed by atoms with Crippen LogP contribution in [0, 0.1) is 12.8 Å². The smallest absolute Gasteiger partial charge is 0.254 e. The topological polar surface area (TPSA) is 73.4 Å². The molecule has 0 bridgehead atoms. The third kappa shape index (κ3) is 4.95. The van der Waals surface area contributed by atoms with Crippen molar-refractivity contribution < 1.29 is 23.7 Å². The number of hydrogen-bond acceptors (Lipinski definition) is 7. The summed E-state index contributed by atoms with van der Waals surface area (Å²) in [6, 6.07) is 12.2. The van der Waals surface area contributed by atoms with Crippen molar-refractivity contribution in [1.29, 1.82) is 0 Å². The molecule has 3 fully saturated rings. The summed E-state index contributed by atoms with van der Waals surface area (Å²) in [5.41, 5.74) is 2.17. The van der Waals surface area contributed by atoms with Crippen LogP contribution in [0.1, 0.15) is 37.9 Å². The summed E-state index contributed by atoms with van der Waals surface area (Å²) >= 11 is 0. The Morgan fingerprint density at radius 1 is 1.11 bits per heavy atom. The molecule has 8 heteroatoms. The first kappa shape index (κ1) is 23.9. The summed E-state index contributed by atoms with van der Waals surface area (Å²) in [5, 5.41) is 0. The Hall–Kier alpha value is -2.84. The summed E-state index contributed by atoms with van der Waals surface area (Å²) < 4.78 is 23.3. The van der Waals surface area contributed by atoms with Crippen molar-refractivity contribution in [3.8, 4) is 11.5 Å². The highest BCUT2D eigenvalue weighted by molar-refractivity contribution is 5.81. The molecule has 5 rings (SSSR count). The Kier molecular flexibility index (Phi) is 6.36. The Morgan fingerprint density at radius 3 is 2.60 bits per heavy atom. The van der Waals surface area contributed by atoms with Crippen LogP contribution in [-0.2, 0) is 14.3 Å². The molecule has 3 aliphatic heterocycles. The number of methoxy groups -OCH3 is 1. The third-order valence-electron chi connectivity index (χ3n) is 7.16. The minimum Gasteiger partial charge on any atom is -0.493 e. The standard InChI is InChI=1S/C27H35N3O5/c1-17-12-30(26(31)24-16-33-27(3,4)35-24)15-21(17)19-9-10-22(32-5)23(11-19)34-20-13-29(14-20)25-8-6-7-18(2)28-25/h6-11,17,20-21,24H,12-16H2,1-5H3/t17?,21?,24-/m0/s1. The van der Waals surface area contributed by atoms with E-state index in [1.165, 1.54) is 0 Å². The molecule has 188 valence electrons. The number of hydrogen-bond donors (Lipinski definition) is 0. The first-order chi connectivity index (χ1) is 16.7. The van der Waals surface area contributed by atoms with Crippen molar-refractivity contribution in [2.75, 3.05) is 44.8 Å². The van der Waals surface area contributed by atoms with Crippen LogP contribution < -0.4 is 14.4 Å². The molecule has 4 heterocycles. The van der Waals surface area contributed by atoms with Gasteiger partial charge in [-0.1, -0.05) is 19.1 Å². The van der Waals surface area contributed by atoms with Gasteiger partial charge in [0.15, 0.2) is 23.4 Å². The molecule has 3 aliphatic rings. The number of benzene rings is 1. The van der Waals surface area contributed by atoms with E-state index in [0.29, 0.717) is 25.6 Å². The van der Waals surface area contributed by atoms with Gasteiger partial charge < -0.3 is 28.7 Å². The van der Waals surface area contributed by atoms with Gasteiger partial charge in [0.2, 0.25) is 0 Å². The molecular formula is C27H35N3O5. The normalized spacial score (nSPS) is 26.0. The summed E-state index contributed by atoms with van der Waals surface area (Å²) in [4.78, 5) is 21.8. The first-order valence-corrected chi connectivity index (χ1v) is 12.4. The second kappa shape index (κ2) is 9.32. The number of rotatable bonds is 6. The van der Waals surface area contributed by atoms with Gasteiger partial charge in [-0.15, -0.1) is 0 Å². The molecule has 1 aromatic carbocycles. The Balaban J connectivity index is 1.24. The number of amides is 1. The van der Waals surface area contributed by atoms with Gasteiger partial charge in [0.1, 0.15) is 11.9 Å². The monoisotopic (exact) mass is 481 g/mol. The van der Waals surface area contributed by atoms with E-state index in [9.17, 15) is 4.79 Å². The molecule has 3 saturated heterocycles. The molecule has 0 radical (unpaired) electrons. The highest BCUT2D eigenvalue weighted by atomic mass is 16.7. The zero-order valence-electron chi connectivity index (χ0n) is 21.2. The maximum atomic E-state index is 13.1. The van der Waals surface area contributed by atoms with Crippen LogP contribution in [0.3, 0.4) is 0 Å². The second-order valence-electron chi connectivity index (χ2n) is 10.3. The van der Waals surface area contributed by atoms with Gasteiger partial charge in [0, 0.05) is 24.7 Å². The molecule has 2 unspecified atom stereocenters. The van der Waals surface area contributed by atoms with Gasteiger partial charge in [0.25, 0.3) is 5.91 Å². The van der Waals surface area contributed by atoms with E-state index < -0.39 is 11.9 Å². The lowest BCUT2D eigenvalue weighted by Crippen LogP contribution is -2.54. The van der Waals surface area contributed by atoms with Crippen molar-refractivity contribution in [3.63, 3.8) is 0 Å². The molecule has 8 nitrogen and oxygen atoms in total. The maximum Gasteiger partial charge on any atom is 0.254 e. The van der Waals surface area contributed by atoms with Crippen molar-refractivity contribution in [1.82, 2.24) is 9.88 Å². The quantitative estimate of drug-likeness (QED) is 0.626. The van der Waals surface area contributed by atoms with Crippen LogP contribution in [0.25, 0.3) is 0 Å². The zero-order chi connectivity index (χ0) is 24.7. The van der Waals surface area contributed by atoms with Crippen molar-refractivity contribution >= 4 is 11.7 Å². The van der Waals surface area contributed by atoms with Crippen LogP contribution in [0.4, 0.5) is 5.82 Å². The van der Waals surface area contributed by atoms with Gasteiger partial charge in [0.05, 0.1) is 26.8 Å². The lowest BCUT2D eigenvalue weighted by atomic mass is 9.90. The van der Waals surface area contributed by atoms with Crippen molar-refractivity contribution in [2.45, 2.75) is 51.6 Å². The second-order valence-corrected chi connectivity index (χ2v) is 10.3. The van der Waals surface area contributed by atoms with Crippen LogP contribution in [-0.4, -0.2) is 73.7 Å². The molecule has 3 atom stereocenters. The SMILES string of the molecule is COc1ccc(C2CN(C(=O)[C@@H]3COC(C)(C)O3)CC2C)cc1OC1CN(c2cccc(C)n2)C1. The number of carbonyl (C=O) groups is 1. The minimum absolute atomic E-state index is 0.00854. The lowest BCUT2D eigenvalue weighted by Gasteiger charge is -2.40. The van der Waals surface area contributed by atoms with Crippen molar-refractivity contribution in [2.24, 2.45) is 5.92 Å². The van der Waals surface area contributed by atoms with E-state index in [2.05, 4.69) is 28.9 Å². The third-order valence-corrected chi connectivity index (χ3v) is 7.16. The predicted molar refractivity (Wildman–Crippen MR) is 132 cm³/mol. The molecular weight excluding hydrogens is 446 g/mol. The zero-order valence-corrected chi connectivity index (χ0v) is 21.2. The largest absolute Gasteiger partial charge is 0.493 e. The number of carbonyl (C=O) groups excluding carboxylic acids is 1. The Bertz CT molecular complexity index is 1080. The predicted octanol–water partition coefficient (Wildman–Crippen LogP) is 3.38. The fourth-order valence-electron chi connectivity index (χ4n) is 5.19. The van der Waals surface area contributed by atoms with E-state index in [4.69, 9.17) is 18.9 Å². The van der Waals surface area contributed by atoms with Crippen LogP contribution in [0.5, 0.6) is 11.5 Å². The lowest BCUT2D eigenvalue weighted by molar-refractivity contribution is -0.159. The van der Waals surface area contributed by atoms with E-state index in [1.807, 2.05) is 49.9 Å². The number of aryl methyl sites for hydroxylation is 1. The average molecular weight is 482 g/mol. The summed E-state index contributed by atoms with van der Waals surface area (Å²) in [6.45, 7) is 11.1. The summed E-state index contributed by atoms with van der Waals surface area (Å²) in [6.07, 6.45) is -0.460. The molecule has 0 spiro atoms. The molecule has 1 aromatic heterocycles. The molecule has 0 aliphatic carbocycles. The fraction of sp³-hybridized carbons (Fsp3) is 0.556. The van der Waals surface area contributed by atoms with Crippen molar-refractivity contribution in [3.05, 3.63) is 47.7 Å². The van der Waals surface area contributed by atoms with Crippen LogP contribution in [0.15, 0.2) is 36.4 Å². The molecule has 2 aromatic rings. The average Bonchev–Trinajstić information content (AvgIpc) is 3.37. The number of ether oxygens (including phenoxy) is 4. The van der Waals surface area contributed by atoms with Gasteiger partial charge in [-0.05, 0) is 56.5 Å². The number of nitrogens with zero attached hydrogens (tertiary/aromatic N) is 3. The fourth-order valence-corrected chi connectivity index (χ4v) is 5.19. The van der Waals surface area contributed by atoms with Crippen LogP contribution in [0.2, 0.25) is 0 Å². The van der Waals surface area contributed by atoms with E-state index in [0.717, 1.165) is 41.7 Å². The van der Waals surface area contributed by atoms with Crippen LogP contribution >= 0.6 is 0 Å². The van der Waals surface area contributed by atoms with E-state index >= 15 is 0 Å². The summed E-state index contributed by atoms with van der Waals surface area (Å²) in [7, 11) is 1.66. The number of likely N-dealkylation sites (tertiary alicyclic amines) is 1. The van der Waals surface area contributed by atoms with Gasteiger partial charge >= 0.3 is 0 Å². The van der Waals surface area contributed by atoms with E-state index in [1.54, 1.807) is 7.11 Å². The van der Waals surface area contributed by atoms with Gasteiger partial charge in [-0.3, -0.25) is 4.79 Å². The van der Waals surface area contributed by atoms with E-state index in [-0.39, 0.29) is 17.9 Å². The molecule has 35 heavy (non-hydrogen) atoms. The highest BCUT2D eigenvalue weighted by Crippen LogP contribution is 2.39. The molecule has 0 saturated carbocycles. The number of pyridine rings is 1. The minimum atomic E-state index is -0.709. The molecule has 0 N–H and O–H groups in total. The Morgan fingerprint density at radius 2 is 1.91 bits per heavy atom. The van der Waals surface area contributed by atoms with Gasteiger partial charge in [-0.25, -0.2) is 4.98 Å². The molecule has 1 amide bonds. The summed E-state index contributed by atoms with van der Waals surface area (Å²) in [5.74, 6) is 2.29. The Labute approximate surface area is 207 Å².